The molecule has 7 heteroatoms. The lowest BCUT2D eigenvalue weighted by atomic mass is 9.89. The highest BCUT2D eigenvalue weighted by Crippen LogP contribution is 2.38. The third-order valence-electron chi connectivity index (χ3n) is 7.72. The molecule has 3 fully saturated rings. The molecule has 2 saturated carbocycles. The number of halogens is 1. The molecule has 0 spiro atoms. The highest BCUT2D eigenvalue weighted by atomic mass is 19.1. The average molecular weight is 455 g/mol. The number of aromatic nitrogens is 1. The number of amides is 1. The quantitative estimate of drug-likeness (QED) is 0.719. The van der Waals surface area contributed by atoms with Crippen molar-refractivity contribution in [3.63, 3.8) is 0 Å². The van der Waals surface area contributed by atoms with E-state index >= 15 is 4.39 Å². The molecule has 2 heterocycles. The predicted molar refractivity (Wildman–Crippen MR) is 130 cm³/mol. The minimum atomic E-state index is -0.383. The number of likely N-dealkylation sites (N-methyl/N-ethyl adjacent to an activating group) is 1. The summed E-state index contributed by atoms with van der Waals surface area (Å²) in [6.45, 7) is 7.10. The number of nitrogens with zero attached hydrogens (tertiary/aromatic N) is 3. The summed E-state index contributed by atoms with van der Waals surface area (Å²) in [6, 6.07) is 3.46. The molecule has 6 nitrogen and oxygen atoms in total. The third-order valence-corrected chi connectivity index (χ3v) is 7.72. The van der Waals surface area contributed by atoms with Crippen LogP contribution in [0.15, 0.2) is 23.1 Å². The largest absolute Gasteiger partial charge is 0.367 e. The Morgan fingerprint density at radius 3 is 2.45 bits per heavy atom. The van der Waals surface area contributed by atoms with Gasteiger partial charge in [-0.05, 0) is 50.3 Å². The molecule has 1 amide bonds. The molecule has 2 aliphatic carbocycles. The van der Waals surface area contributed by atoms with Crippen molar-refractivity contribution in [1.82, 2.24) is 14.8 Å². The maximum Gasteiger partial charge on any atom is 0.256 e. The van der Waals surface area contributed by atoms with E-state index in [1.54, 1.807) is 6.20 Å². The molecule has 0 unspecified atom stereocenters. The second kappa shape index (κ2) is 9.45. The highest BCUT2D eigenvalue weighted by molar-refractivity contribution is 5.98. The number of carbonyl (C=O) groups excluding carboxylic acids is 1. The van der Waals surface area contributed by atoms with E-state index in [0.29, 0.717) is 23.5 Å². The summed E-state index contributed by atoms with van der Waals surface area (Å²) >= 11 is 0. The fourth-order valence-corrected chi connectivity index (χ4v) is 5.45. The zero-order chi connectivity index (χ0) is 22.9. The first kappa shape index (κ1) is 22.4. The fourth-order valence-electron chi connectivity index (χ4n) is 5.45. The summed E-state index contributed by atoms with van der Waals surface area (Å²) in [6.07, 6.45) is 9.69. The smallest absolute Gasteiger partial charge is 0.256 e. The van der Waals surface area contributed by atoms with E-state index in [4.69, 9.17) is 0 Å². The summed E-state index contributed by atoms with van der Waals surface area (Å²) < 4.78 is 17.3. The number of benzene rings is 1. The number of nitrogens with one attached hydrogen (secondary N) is 1. The lowest BCUT2D eigenvalue weighted by Crippen LogP contribution is -2.46. The SMILES string of the molecule is CCN1CCN(c2cc3c(cc2F)c(=O)c(C(=O)NCC2CCCCC2)cn3C2CC2)CC1. The molecule has 5 rings (SSSR count). The number of hydrogen-bond acceptors (Lipinski definition) is 4. The molecule has 2 aromatic rings. The molecule has 3 aliphatic rings. The Labute approximate surface area is 194 Å². The van der Waals surface area contributed by atoms with Crippen LogP contribution in [0.1, 0.15) is 68.3 Å². The summed E-state index contributed by atoms with van der Waals surface area (Å²) in [5, 5.41) is 3.30. The van der Waals surface area contributed by atoms with Crippen LogP contribution in [0.25, 0.3) is 10.9 Å². The topological polar surface area (TPSA) is 57.6 Å². The minimum absolute atomic E-state index is 0.133. The standard InChI is InChI=1S/C26H35FN4O2/c1-2-29-10-12-30(13-11-29)24-15-23-20(14-22(24)27)25(32)21(17-31(23)19-8-9-19)26(33)28-16-18-6-4-3-5-7-18/h14-15,17-19H,2-13,16H2,1H3,(H,28,33). The molecule has 0 atom stereocenters. The first-order valence-electron chi connectivity index (χ1n) is 12.7. The maximum atomic E-state index is 15.2. The van der Waals surface area contributed by atoms with Crippen LogP contribution in [-0.4, -0.2) is 54.6 Å². The Kier molecular flexibility index (Phi) is 6.41. The fraction of sp³-hybridized carbons (Fsp3) is 0.615. The molecule has 1 N–H and O–H groups in total. The number of anilines is 1. The highest BCUT2D eigenvalue weighted by Gasteiger charge is 2.28. The van der Waals surface area contributed by atoms with Gasteiger partial charge in [0.15, 0.2) is 0 Å². The zero-order valence-corrected chi connectivity index (χ0v) is 19.6. The van der Waals surface area contributed by atoms with E-state index in [1.807, 2.05) is 10.6 Å². The van der Waals surface area contributed by atoms with Gasteiger partial charge in [-0.2, -0.15) is 0 Å². The lowest BCUT2D eigenvalue weighted by Gasteiger charge is -2.35. The van der Waals surface area contributed by atoms with Gasteiger partial charge in [0, 0.05) is 50.3 Å². The van der Waals surface area contributed by atoms with Crippen molar-refractivity contribution < 1.29 is 9.18 Å². The van der Waals surface area contributed by atoms with Crippen molar-refractivity contribution in [1.29, 1.82) is 0 Å². The third kappa shape index (κ3) is 4.65. The van der Waals surface area contributed by atoms with Gasteiger partial charge in [-0.15, -0.1) is 0 Å². The molecule has 1 aliphatic heterocycles. The van der Waals surface area contributed by atoms with Crippen molar-refractivity contribution in [2.45, 2.75) is 57.9 Å². The number of carbonyl (C=O) groups is 1. The Morgan fingerprint density at radius 2 is 1.79 bits per heavy atom. The van der Waals surface area contributed by atoms with Gasteiger partial charge in [0.25, 0.3) is 5.91 Å². The molecule has 1 aromatic carbocycles. The van der Waals surface area contributed by atoms with Gasteiger partial charge in [-0.25, -0.2) is 4.39 Å². The molecular weight excluding hydrogens is 419 g/mol. The van der Waals surface area contributed by atoms with Gasteiger partial charge in [0.1, 0.15) is 11.4 Å². The zero-order valence-electron chi connectivity index (χ0n) is 19.6. The van der Waals surface area contributed by atoms with Crippen molar-refractivity contribution in [3.8, 4) is 0 Å². The van der Waals surface area contributed by atoms with Gasteiger partial charge >= 0.3 is 0 Å². The van der Waals surface area contributed by atoms with Crippen LogP contribution in [0, 0.1) is 11.7 Å². The second-order valence-electron chi connectivity index (χ2n) is 9.97. The molecular formula is C26H35FN4O2. The van der Waals surface area contributed by atoms with E-state index < -0.39 is 0 Å². The number of piperazine rings is 1. The van der Waals surface area contributed by atoms with E-state index in [9.17, 15) is 9.59 Å². The van der Waals surface area contributed by atoms with Crippen LogP contribution in [0.3, 0.4) is 0 Å². The van der Waals surface area contributed by atoms with Crippen LogP contribution < -0.4 is 15.6 Å². The van der Waals surface area contributed by atoms with Crippen molar-refractivity contribution in [3.05, 3.63) is 39.9 Å². The molecule has 1 saturated heterocycles. The van der Waals surface area contributed by atoms with Crippen LogP contribution >= 0.6 is 0 Å². The number of fused-ring (bicyclic) bond motifs is 1. The van der Waals surface area contributed by atoms with Gasteiger partial charge in [0.2, 0.25) is 5.43 Å². The van der Waals surface area contributed by atoms with Gasteiger partial charge < -0.3 is 19.7 Å². The van der Waals surface area contributed by atoms with Crippen LogP contribution in [0.2, 0.25) is 0 Å². The lowest BCUT2D eigenvalue weighted by molar-refractivity contribution is 0.0942. The summed E-state index contributed by atoms with van der Waals surface area (Å²) in [5.74, 6) is -0.226. The molecule has 178 valence electrons. The van der Waals surface area contributed by atoms with Crippen molar-refractivity contribution in [2.75, 3.05) is 44.2 Å². The minimum Gasteiger partial charge on any atom is -0.367 e. The second-order valence-corrected chi connectivity index (χ2v) is 9.97. The van der Waals surface area contributed by atoms with E-state index in [1.165, 1.54) is 25.3 Å². The molecule has 0 radical (unpaired) electrons. The van der Waals surface area contributed by atoms with Crippen LogP contribution in [-0.2, 0) is 0 Å². The summed E-state index contributed by atoms with van der Waals surface area (Å²) in [4.78, 5) is 30.7. The summed E-state index contributed by atoms with van der Waals surface area (Å²) in [5.41, 5.74) is 1.06. The van der Waals surface area contributed by atoms with Crippen molar-refractivity contribution >= 4 is 22.5 Å². The Morgan fingerprint density at radius 1 is 1.06 bits per heavy atom. The van der Waals surface area contributed by atoms with Gasteiger partial charge in [0.05, 0.1) is 11.2 Å². The Bertz CT molecular complexity index is 1080. The predicted octanol–water partition coefficient (Wildman–Crippen LogP) is 3.93. The normalized spacial score (nSPS) is 20.4. The number of pyridine rings is 1. The van der Waals surface area contributed by atoms with E-state index in [2.05, 4.69) is 22.0 Å². The first-order chi connectivity index (χ1) is 16.0. The number of rotatable bonds is 6. The summed E-state index contributed by atoms with van der Waals surface area (Å²) in [7, 11) is 0. The molecule has 33 heavy (non-hydrogen) atoms. The van der Waals surface area contributed by atoms with E-state index in [-0.39, 0.29) is 28.8 Å². The average Bonchev–Trinajstić information content (AvgIpc) is 3.69. The van der Waals surface area contributed by atoms with Crippen LogP contribution in [0.5, 0.6) is 0 Å². The van der Waals surface area contributed by atoms with E-state index in [0.717, 1.165) is 63.9 Å². The van der Waals surface area contributed by atoms with Crippen LogP contribution in [0.4, 0.5) is 10.1 Å². The maximum absolute atomic E-state index is 15.2. The Hall–Kier alpha value is -2.41. The number of hydrogen-bond donors (Lipinski definition) is 1. The molecule has 0 bridgehead atoms. The Balaban J connectivity index is 1.45. The monoisotopic (exact) mass is 454 g/mol. The van der Waals surface area contributed by atoms with Crippen molar-refractivity contribution in [2.24, 2.45) is 5.92 Å². The first-order valence-corrected chi connectivity index (χ1v) is 12.7. The van der Waals surface area contributed by atoms with Gasteiger partial charge in [-0.3, -0.25) is 9.59 Å². The van der Waals surface area contributed by atoms with Gasteiger partial charge in [-0.1, -0.05) is 26.2 Å². The molecule has 1 aromatic heterocycles.